The lowest BCUT2D eigenvalue weighted by Gasteiger charge is -2.20. The third-order valence-corrected chi connectivity index (χ3v) is 6.15. The minimum Gasteiger partial charge on any atom is -0.497 e. The second-order valence-corrected chi connectivity index (χ2v) is 8.25. The van der Waals surface area contributed by atoms with Crippen molar-refractivity contribution in [2.24, 2.45) is 0 Å². The van der Waals surface area contributed by atoms with Gasteiger partial charge >= 0.3 is 0 Å². The molecule has 28 heavy (non-hydrogen) atoms. The van der Waals surface area contributed by atoms with Crippen LogP contribution in [0.25, 0.3) is 0 Å². The van der Waals surface area contributed by atoms with Crippen molar-refractivity contribution >= 4 is 21.6 Å². The van der Waals surface area contributed by atoms with Gasteiger partial charge in [-0.25, -0.2) is 13.1 Å². The molecule has 1 amide bonds. The summed E-state index contributed by atoms with van der Waals surface area (Å²) in [5.74, 6) is 1.21. The van der Waals surface area contributed by atoms with E-state index in [1.54, 1.807) is 18.1 Å². The van der Waals surface area contributed by atoms with Gasteiger partial charge in [0, 0.05) is 19.5 Å². The molecule has 0 radical (unpaired) electrons. The highest BCUT2D eigenvalue weighted by Gasteiger charge is 2.26. The molecule has 1 fully saturated rings. The zero-order valence-electron chi connectivity index (χ0n) is 16.0. The number of sulfonamides is 1. The van der Waals surface area contributed by atoms with Crippen molar-refractivity contribution in [3.8, 4) is 11.5 Å². The third-order valence-electron chi connectivity index (χ3n) is 4.69. The van der Waals surface area contributed by atoms with Crippen molar-refractivity contribution in [1.82, 2.24) is 4.72 Å². The molecule has 0 bridgehead atoms. The molecular weight excluding hydrogens is 380 g/mol. The van der Waals surface area contributed by atoms with Crippen LogP contribution in [0.5, 0.6) is 11.5 Å². The Morgan fingerprint density at radius 1 is 1.07 bits per heavy atom. The monoisotopic (exact) mass is 404 g/mol. The number of hydrogen-bond donors (Lipinski definition) is 1. The van der Waals surface area contributed by atoms with Crippen molar-refractivity contribution < 1.29 is 22.7 Å². The molecule has 0 unspecified atom stereocenters. The highest BCUT2D eigenvalue weighted by Crippen LogP contribution is 2.33. The van der Waals surface area contributed by atoms with E-state index >= 15 is 0 Å². The maximum absolute atomic E-state index is 12.7. The van der Waals surface area contributed by atoms with Crippen LogP contribution in [0.3, 0.4) is 0 Å². The van der Waals surface area contributed by atoms with E-state index in [2.05, 4.69) is 4.72 Å². The Labute approximate surface area is 165 Å². The zero-order chi connectivity index (χ0) is 20.1. The molecule has 1 aliphatic heterocycles. The van der Waals surface area contributed by atoms with Gasteiger partial charge in [0.05, 0.1) is 24.8 Å². The Bertz CT molecular complexity index is 942. The third kappa shape index (κ3) is 4.45. The summed E-state index contributed by atoms with van der Waals surface area (Å²) in [5.41, 5.74) is 1.49. The number of carbonyl (C=O) groups excluding carboxylic acids is 1. The predicted molar refractivity (Wildman–Crippen MR) is 106 cm³/mol. The van der Waals surface area contributed by atoms with E-state index in [-0.39, 0.29) is 17.3 Å². The Kier molecular flexibility index (Phi) is 6.21. The molecule has 8 heteroatoms. The van der Waals surface area contributed by atoms with E-state index in [0.717, 1.165) is 17.7 Å². The maximum Gasteiger partial charge on any atom is 0.240 e. The summed E-state index contributed by atoms with van der Waals surface area (Å²) in [4.78, 5) is 13.8. The average Bonchev–Trinajstić information content (AvgIpc) is 3.13. The van der Waals surface area contributed by atoms with Crippen molar-refractivity contribution in [2.75, 3.05) is 32.2 Å². The number of hydrogen-bond acceptors (Lipinski definition) is 5. The van der Waals surface area contributed by atoms with Gasteiger partial charge in [-0.15, -0.1) is 0 Å². The smallest absolute Gasteiger partial charge is 0.240 e. The predicted octanol–water partition coefficient (Wildman–Crippen LogP) is 2.35. The lowest BCUT2D eigenvalue weighted by molar-refractivity contribution is -0.117. The summed E-state index contributed by atoms with van der Waals surface area (Å²) in [6.07, 6.45) is 1.76. The van der Waals surface area contributed by atoms with E-state index in [9.17, 15) is 13.2 Å². The zero-order valence-corrected chi connectivity index (χ0v) is 16.8. The fourth-order valence-corrected chi connectivity index (χ4v) is 4.21. The minimum absolute atomic E-state index is 0.0275. The number of anilines is 1. The van der Waals surface area contributed by atoms with Crippen molar-refractivity contribution in [3.05, 3.63) is 48.0 Å². The number of carbonyl (C=O) groups is 1. The molecule has 1 saturated heterocycles. The van der Waals surface area contributed by atoms with Gasteiger partial charge in [0.1, 0.15) is 11.5 Å². The Balaban J connectivity index is 1.72. The van der Waals surface area contributed by atoms with E-state index in [1.165, 1.54) is 19.2 Å². The fourth-order valence-electron chi connectivity index (χ4n) is 3.16. The summed E-state index contributed by atoms with van der Waals surface area (Å²) in [6, 6.07) is 12.0. The van der Waals surface area contributed by atoms with E-state index in [0.29, 0.717) is 30.8 Å². The van der Waals surface area contributed by atoms with Crippen LogP contribution in [-0.2, 0) is 21.2 Å². The number of rotatable bonds is 8. The van der Waals surface area contributed by atoms with E-state index in [4.69, 9.17) is 9.47 Å². The van der Waals surface area contributed by atoms with Gasteiger partial charge in [-0.2, -0.15) is 0 Å². The number of benzene rings is 2. The summed E-state index contributed by atoms with van der Waals surface area (Å²) in [7, 11) is -0.606. The Morgan fingerprint density at radius 3 is 2.43 bits per heavy atom. The molecule has 150 valence electrons. The van der Waals surface area contributed by atoms with Crippen LogP contribution < -0.4 is 19.1 Å². The van der Waals surface area contributed by atoms with Gasteiger partial charge < -0.3 is 14.4 Å². The van der Waals surface area contributed by atoms with Gasteiger partial charge in [0.15, 0.2) is 0 Å². The highest BCUT2D eigenvalue weighted by molar-refractivity contribution is 7.89. The fraction of sp³-hybridized carbons (Fsp3) is 0.350. The number of amides is 1. The van der Waals surface area contributed by atoms with Crippen LogP contribution in [0.2, 0.25) is 0 Å². The van der Waals surface area contributed by atoms with Crippen LogP contribution in [0.1, 0.15) is 18.4 Å². The van der Waals surface area contributed by atoms with E-state index in [1.807, 2.05) is 24.3 Å². The Morgan fingerprint density at radius 2 is 1.82 bits per heavy atom. The summed E-state index contributed by atoms with van der Waals surface area (Å²) in [6.45, 7) is 0.822. The quantitative estimate of drug-likeness (QED) is 0.730. The van der Waals surface area contributed by atoms with Crippen molar-refractivity contribution in [1.29, 1.82) is 0 Å². The highest BCUT2D eigenvalue weighted by atomic mass is 32.2. The molecule has 0 spiro atoms. The van der Waals surface area contributed by atoms with Gasteiger partial charge in [0.2, 0.25) is 15.9 Å². The minimum atomic E-state index is -3.71. The largest absolute Gasteiger partial charge is 0.497 e. The normalized spacial score (nSPS) is 14.4. The van der Waals surface area contributed by atoms with Crippen LogP contribution in [0, 0.1) is 0 Å². The second kappa shape index (κ2) is 8.62. The van der Waals surface area contributed by atoms with Crippen molar-refractivity contribution in [3.63, 3.8) is 0 Å². The molecule has 2 aromatic carbocycles. The molecule has 0 atom stereocenters. The topological polar surface area (TPSA) is 84.9 Å². The van der Waals surface area contributed by atoms with Crippen LogP contribution in [-0.4, -0.2) is 41.6 Å². The molecule has 0 saturated carbocycles. The summed E-state index contributed by atoms with van der Waals surface area (Å²) in [5, 5.41) is 0. The van der Waals surface area contributed by atoms with Crippen LogP contribution >= 0.6 is 0 Å². The number of nitrogens with zero attached hydrogens (tertiary/aromatic N) is 1. The first-order chi connectivity index (χ1) is 13.4. The van der Waals surface area contributed by atoms with Gasteiger partial charge in [0.25, 0.3) is 0 Å². The molecule has 0 aliphatic carbocycles. The SMILES string of the molecule is COc1ccc(CCNS(=O)(=O)c2ccc(OC)c(N3CCCC3=O)c2)cc1. The second-order valence-electron chi connectivity index (χ2n) is 6.48. The van der Waals surface area contributed by atoms with Crippen LogP contribution in [0.4, 0.5) is 5.69 Å². The first kappa shape index (κ1) is 20.2. The number of ether oxygens (including phenoxy) is 2. The Hall–Kier alpha value is -2.58. The van der Waals surface area contributed by atoms with Gasteiger partial charge in [-0.05, 0) is 48.7 Å². The molecule has 1 heterocycles. The number of nitrogens with one attached hydrogen (secondary N) is 1. The lowest BCUT2D eigenvalue weighted by atomic mass is 10.1. The number of methoxy groups -OCH3 is 2. The molecule has 1 aliphatic rings. The summed E-state index contributed by atoms with van der Waals surface area (Å²) < 4.78 is 38.4. The van der Waals surface area contributed by atoms with E-state index < -0.39 is 10.0 Å². The average molecular weight is 404 g/mol. The summed E-state index contributed by atoms with van der Waals surface area (Å²) >= 11 is 0. The standard InChI is InChI=1S/C20H24N2O5S/c1-26-16-7-5-15(6-8-16)11-12-21-28(24,25)17-9-10-19(27-2)18(14-17)22-13-3-4-20(22)23/h5-10,14,21H,3-4,11-13H2,1-2H3. The molecule has 0 aromatic heterocycles. The first-order valence-electron chi connectivity index (χ1n) is 9.05. The molecule has 7 nitrogen and oxygen atoms in total. The lowest BCUT2D eigenvalue weighted by Crippen LogP contribution is -2.27. The molecular formula is C20H24N2O5S. The van der Waals surface area contributed by atoms with Gasteiger partial charge in [-0.3, -0.25) is 4.79 Å². The first-order valence-corrected chi connectivity index (χ1v) is 10.5. The van der Waals surface area contributed by atoms with Gasteiger partial charge in [-0.1, -0.05) is 12.1 Å². The van der Waals surface area contributed by atoms with Crippen LogP contribution in [0.15, 0.2) is 47.4 Å². The molecule has 2 aromatic rings. The molecule has 3 rings (SSSR count). The molecule has 1 N–H and O–H groups in total. The van der Waals surface area contributed by atoms with Crippen molar-refractivity contribution in [2.45, 2.75) is 24.2 Å². The maximum atomic E-state index is 12.7.